The number of thiophene rings is 1. The van der Waals surface area contributed by atoms with Gasteiger partial charge in [0.2, 0.25) is 0 Å². The fraction of sp³-hybridized carbons (Fsp3) is 0.714. The minimum Gasteiger partial charge on any atom is -0.309 e. The van der Waals surface area contributed by atoms with Crippen LogP contribution in [0.1, 0.15) is 50.8 Å². The molecule has 1 heterocycles. The van der Waals surface area contributed by atoms with Crippen molar-refractivity contribution < 1.29 is 0 Å². The highest BCUT2D eigenvalue weighted by molar-refractivity contribution is 7.09. The van der Waals surface area contributed by atoms with Gasteiger partial charge in [0.05, 0.1) is 0 Å². The lowest BCUT2D eigenvalue weighted by Crippen LogP contribution is -2.27. The summed E-state index contributed by atoms with van der Waals surface area (Å²) in [5, 5.41) is 5.87. The van der Waals surface area contributed by atoms with Gasteiger partial charge in [-0.2, -0.15) is 0 Å². The summed E-state index contributed by atoms with van der Waals surface area (Å²) in [6, 6.07) is 5.10. The lowest BCUT2D eigenvalue weighted by Gasteiger charge is -2.22. The van der Waals surface area contributed by atoms with Crippen LogP contribution in [0, 0.1) is 5.41 Å². The molecule has 0 bridgehead atoms. The van der Waals surface area contributed by atoms with Crippen LogP contribution in [0.5, 0.6) is 0 Å². The second-order valence-electron chi connectivity index (χ2n) is 5.75. The molecule has 0 aromatic carbocycles. The van der Waals surface area contributed by atoms with Crippen LogP contribution in [0.4, 0.5) is 0 Å². The van der Waals surface area contributed by atoms with Crippen molar-refractivity contribution >= 4 is 11.3 Å². The van der Waals surface area contributed by atoms with E-state index in [-0.39, 0.29) is 0 Å². The predicted octanol–water partition coefficient (Wildman–Crippen LogP) is 4.20. The summed E-state index contributed by atoms with van der Waals surface area (Å²) in [5.41, 5.74) is 0.569. The first-order valence-corrected chi connectivity index (χ1v) is 7.29. The quantitative estimate of drug-likeness (QED) is 0.777. The SMILES string of the molecule is CC1(C)CCCC(NCc2cccs2)CC1. The van der Waals surface area contributed by atoms with E-state index in [0.717, 1.165) is 12.6 Å². The van der Waals surface area contributed by atoms with E-state index in [9.17, 15) is 0 Å². The van der Waals surface area contributed by atoms with Crippen molar-refractivity contribution in [3.63, 3.8) is 0 Å². The molecular formula is C14H23NS. The average Bonchev–Trinajstić information content (AvgIpc) is 2.68. The third-order valence-corrected chi connectivity index (χ3v) is 4.60. The van der Waals surface area contributed by atoms with Crippen molar-refractivity contribution in [2.45, 2.75) is 58.5 Å². The Morgan fingerprint density at radius 3 is 3.00 bits per heavy atom. The predicted molar refractivity (Wildman–Crippen MR) is 71.8 cm³/mol. The monoisotopic (exact) mass is 237 g/mol. The van der Waals surface area contributed by atoms with E-state index in [4.69, 9.17) is 0 Å². The first-order chi connectivity index (χ1) is 7.66. The third-order valence-electron chi connectivity index (χ3n) is 3.72. The molecule has 0 aliphatic heterocycles. The van der Waals surface area contributed by atoms with Crippen molar-refractivity contribution in [3.05, 3.63) is 22.4 Å². The van der Waals surface area contributed by atoms with Gasteiger partial charge in [-0.1, -0.05) is 26.3 Å². The van der Waals surface area contributed by atoms with Crippen LogP contribution in [-0.2, 0) is 6.54 Å². The molecule has 1 N–H and O–H groups in total. The van der Waals surface area contributed by atoms with Gasteiger partial charge in [-0.25, -0.2) is 0 Å². The Morgan fingerprint density at radius 1 is 1.38 bits per heavy atom. The fourth-order valence-electron chi connectivity index (χ4n) is 2.52. The van der Waals surface area contributed by atoms with Crippen LogP contribution in [0.15, 0.2) is 17.5 Å². The molecule has 1 fully saturated rings. The minimum atomic E-state index is 0.569. The van der Waals surface area contributed by atoms with E-state index in [0.29, 0.717) is 5.41 Å². The molecule has 1 saturated carbocycles. The Labute approximate surface area is 103 Å². The zero-order valence-electron chi connectivity index (χ0n) is 10.5. The van der Waals surface area contributed by atoms with Gasteiger partial charge in [0, 0.05) is 17.5 Å². The normalized spacial score (nSPS) is 25.2. The van der Waals surface area contributed by atoms with Crippen LogP contribution in [0.3, 0.4) is 0 Å². The highest BCUT2D eigenvalue weighted by Gasteiger charge is 2.23. The molecule has 1 atom stereocenters. The first-order valence-electron chi connectivity index (χ1n) is 6.41. The molecule has 1 aliphatic carbocycles. The molecule has 2 heteroatoms. The highest BCUT2D eigenvalue weighted by atomic mass is 32.1. The van der Waals surface area contributed by atoms with Crippen molar-refractivity contribution in [2.75, 3.05) is 0 Å². The number of rotatable bonds is 3. The van der Waals surface area contributed by atoms with E-state index >= 15 is 0 Å². The Morgan fingerprint density at radius 2 is 2.25 bits per heavy atom. The molecule has 0 amide bonds. The smallest absolute Gasteiger partial charge is 0.0302 e. The highest BCUT2D eigenvalue weighted by Crippen LogP contribution is 2.33. The van der Waals surface area contributed by atoms with Crippen molar-refractivity contribution in [2.24, 2.45) is 5.41 Å². The number of hydrogen-bond acceptors (Lipinski definition) is 2. The summed E-state index contributed by atoms with van der Waals surface area (Å²) < 4.78 is 0. The Hall–Kier alpha value is -0.340. The average molecular weight is 237 g/mol. The summed E-state index contributed by atoms with van der Waals surface area (Å²) in [6.45, 7) is 5.88. The van der Waals surface area contributed by atoms with E-state index in [1.165, 1.54) is 37.0 Å². The van der Waals surface area contributed by atoms with E-state index < -0.39 is 0 Å². The van der Waals surface area contributed by atoms with Gasteiger partial charge in [-0.05, 0) is 42.5 Å². The molecule has 16 heavy (non-hydrogen) atoms. The van der Waals surface area contributed by atoms with Crippen LogP contribution < -0.4 is 5.32 Å². The molecule has 1 aromatic rings. The van der Waals surface area contributed by atoms with E-state index in [2.05, 4.69) is 36.7 Å². The van der Waals surface area contributed by atoms with Crippen LogP contribution in [0.2, 0.25) is 0 Å². The fourth-order valence-corrected chi connectivity index (χ4v) is 3.18. The molecule has 1 unspecified atom stereocenters. The number of nitrogens with one attached hydrogen (secondary N) is 1. The van der Waals surface area contributed by atoms with Crippen LogP contribution >= 0.6 is 11.3 Å². The second kappa shape index (κ2) is 5.33. The van der Waals surface area contributed by atoms with Crippen molar-refractivity contribution in [1.29, 1.82) is 0 Å². The first kappa shape index (κ1) is 12.1. The van der Waals surface area contributed by atoms with E-state index in [1.807, 2.05) is 11.3 Å². The van der Waals surface area contributed by atoms with Crippen LogP contribution in [0.25, 0.3) is 0 Å². The molecule has 1 aromatic heterocycles. The van der Waals surface area contributed by atoms with Gasteiger partial charge in [0.15, 0.2) is 0 Å². The third kappa shape index (κ3) is 3.60. The standard InChI is InChI=1S/C14H23NS/c1-14(2)8-3-5-12(7-9-14)15-11-13-6-4-10-16-13/h4,6,10,12,15H,3,5,7-9,11H2,1-2H3. The summed E-state index contributed by atoms with van der Waals surface area (Å²) in [6.07, 6.45) is 6.85. The second-order valence-corrected chi connectivity index (χ2v) is 6.78. The van der Waals surface area contributed by atoms with Gasteiger partial charge in [0.25, 0.3) is 0 Å². The molecule has 0 radical (unpaired) electrons. The Bertz CT molecular complexity index is 303. The maximum atomic E-state index is 3.71. The van der Waals surface area contributed by atoms with Crippen LogP contribution in [-0.4, -0.2) is 6.04 Å². The molecule has 1 nitrogen and oxygen atoms in total. The summed E-state index contributed by atoms with van der Waals surface area (Å²) in [5.74, 6) is 0. The molecule has 2 rings (SSSR count). The van der Waals surface area contributed by atoms with Gasteiger partial charge >= 0.3 is 0 Å². The Kier molecular flexibility index (Phi) is 4.04. The maximum absolute atomic E-state index is 3.71. The van der Waals surface area contributed by atoms with Gasteiger partial charge in [-0.15, -0.1) is 11.3 Å². The van der Waals surface area contributed by atoms with Crippen molar-refractivity contribution in [1.82, 2.24) is 5.32 Å². The lowest BCUT2D eigenvalue weighted by atomic mass is 9.85. The Balaban J connectivity index is 1.78. The molecule has 0 spiro atoms. The number of hydrogen-bond donors (Lipinski definition) is 1. The molecule has 1 aliphatic rings. The lowest BCUT2D eigenvalue weighted by molar-refractivity contribution is 0.309. The maximum Gasteiger partial charge on any atom is 0.0302 e. The largest absolute Gasteiger partial charge is 0.309 e. The van der Waals surface area contributed by atoms with Crippen molar-refractivity contribution in [3.8, 4) is 0 Å². The van der Waals surface area contributed by atoms with Gasteiger partial charge in [0.1, 0.15) is 0 Å². The molecular weight excluding hydrogens is 214 g/mol. The van der Waals surface area contributed by atoms with Gasteiger partial charge < -0.3 is 5.32 Å². The topological polar surface area (TPSA) is 12.0 Å². The summed E-state index contributed by atoms with van der Waals surface area (Å²) in [7, 11) is 0. The summed E-state index contributed by atoms with van der Waals surface area (Å²) in [4.78, 5) is 1.46. The minimum absolute atomic E-state index is 0.569. The van der Waals surface area contributed by atoms with E-state index in [1.54, 1.807) is 0 Å². The molecule has 0 saturated heterocycles. The molecule has 90 valence electrons. The zero-order valence-corrected chi connectivity index (χ0v) is 11.3. The van der Waals surface area contributed by atoms with Gasteiger partial charge in [-0.3, -0.25) is 0 Å². The summed E-state index contributed by atoms with van der Waals surface area (Å²) >= 11 is 1.85. The zero-order chi connectivity index (χ0) is 11.4.